The van der Waals surface area contributed by atoms with Gasteiger partial charge in [-0.25, -0.2) is 0 Å². The number of carbonyl (C=O) groups is 1. The number of aryl methyl sites for hydroxylation is 1. The van der Waals surface area contributed by atoms with Crippen LogP contribution >= 0.6 is 0 Å². The standard InChI is InChI=1S/C11H12O/c1-6-4-10-9(5-11(10)12)8(3)7(6)2/h4H,5H2,1-3H3. The highest BCUT2D eigenvalue weighted by Gasteiger charge is 2.25. The first kappa shape index (κ1) is 7.53. The molecule has 2 rings (SSSR count). The molecular formula is C11H12O. The molecule has 62 valence electrons. The predicted molar refractivity (Wildman–Crippen MR) is 48.7 cm³/mol. The van der Waals surface area contributed by atoms with Crippen LogP contribution in [-0.4, -0.2) is 5.78 Å². The van der Waals surface area contributed by atoms with Crippen LogP contribution in [-0.2, 0) is 6.42 Å². The van der Waals surface area contributed by atoms with Crippen LogP contribution in [0.1, 0.15) is 32.6 Å². The van der Waals surface area contributed by atoms with Gasteiger partial charge in [0, 0.05) is 12.0 Å². The Balaban J connectivity index is 2.73. The van der Waals surface area contributed by atoms with Crippen molar-refractivity contribution in [1.29, 1.82) is 0 Å². The fraction of sp³-hybridized carbons (Fsp3) is 0.364. The highest BCUT2D eigenvalue weighted by atomic mass is 16.1. The Morgan fingerprint density at radius 3 is 2.42 bits per heavy atom. The van der Waals surface area contributed by atoms with Crippen LogP contribution < -0.4 is 0 Å². The number of ketones is 1. The molecule has 0 bridgehead atoms. The van der Waals surface area contributed by atoms with E-state index in [4.69, 9.17) is 0 Å². The van der Waals surface area contributed by atoms with E-state index in [-0.39, 0.29) is 0 Å². The molecule has 1 aromatic carbocycles. The van der Waals surface area contributed by atoms with Crippen molar-refractivity contribution in [3.63, 3.8) is 0 Å². The summed E-state index contributed by atoms with van der Waals surface area (Å²) in [6.07, 6.45) is 0.655. The molecule has 0 radical (unpaired) electrons. The van der Waals surface area contributed by atoms with Gasteiger partial charge in [-0.1, -0.05) is 0 Å². The van der Waals surface area contributed by atoms with E-state index in [1.807, 2.05) is 6.07 Å². The lowest BCUT2D eigenvalue weighted by Crippen LogP contribution is -2.21. The third-order valence-corrected chi connectivity index (χ3v) is 2.93. The van der Waals surface area contributed by atoms with Crippen LogP contribution in [0.25, 0.3) is 0 Å². The third-order valence-electron chi connectivity index (χ3n) is 2.93. The second-order valence-electron chi connectivity index (χ2n) is 3.57. The SMILES string of the molecule is Cc1cc2c(c(C)c1C)CC2=O. The summed E-state index contributed by atoms with van der Waals surface area (Å²) in [6, 6.07) is 2.02. The average Bonchev–Trinajstić information content (AvgIpc) is 2.05. The van der Waals surface area contributed by atoms with Crippen LogP contribution in [0, 0.1) is 20.8 Å². The summed E-state index contributed by atoms with van der Waals surface area (Å²) in [4.78, 5) is 11.1. The van der Waals surface area contributed by atoms with Crippen LogP contribution in [0.5, 0.6) is 0 Å². The van der Waals surface area contributed by atoms with E-state index in [0.717, 1.165) is 5.56 Å². The molecule has 0 aromatic heterocycles. The van der Waals surface area contributed by atoms with Crippen LogP contribution in [0.15, 0.2) is 6.07 Å². The minimum Gasteiger partial charge on any atom is -0.294 e. The van der Waals surface area contributed by atoms with Gasteiger partial charge < -0.3 is 0 Å². The first-order chi connectivity index (χ1) is 5.61. The molecule has 0 saturated carbocycles. The lowest BCUT2D eigenvalue weighted by Gasteiger charge is -2.22. The van der Waals surface area contributed by atoms with Gasteiger partial charge in [0.1, 0.15) is 0 Å². The molecule has 1 aliphatic carbocycles. The highest BCUT2D eigenvalue weighted by molar-refractivity contribution is 6.07. The summed E-state index contributed by atoms with van der Waals surface area (Å²) in [5.41, 5.74) is 6.10. The molecule has 0 spiro atoms. The highest BCUT2D eigenvalue weighted by Crippen LogP contribution is 2.30. The number of Topliss-reactive ketones (excluding diaryl/α,β-unsaturated/α-hetero) is 1. The van der Waals surface area contributed by atoms with Crippen LogP contribution in [0.4, 0.5) is 0 Å². The number of carbonyl (C=O) groups excluding carboxylic acids is 1. The summed E-state index contributed by atoms with van der Waals surface area (Å²) in [5.74, 6) is 0.302. The lowest BCUT2D eigenvalue weighted by molar-refractivity contribution is 0.0967. The molecule has 1 heteroatoms. The Kier molecular flexibility index (Phi) is 1.38. The zero-order valence-electron chi connectivity index (χ0n) is 7.69. The van der Waals surface area contributed by atoms with Crippen molar-refractivity contribution in [2.45, 2.75) is 27.2 Å². The fourth-order valence-corrected chi connectivity index (χ4v) is 1.76. The number of hydrogen-bond donors (Lipinski definition) is 0. The maximum Gasteiger partial charge on any atom is 0.167 e. The molecule has 0 atom stereocenters. The second kappa shape index (κ2) is 2.19. The molecule has 1 nitrogen and oxygen atoms in total. The Morgan fingerprint density at radius 2 is 1.83 bits per heavy atom. The van der Waals surface area contributed by atoms with Crippen molar-refractivity contribution in [3.8, 4) is 0 Å². The molecule has 0 N–H and O–H groups in total. The molecule has 1 aromatic rings. The summed E-state index contributed by atoms with van der Waals surface area (Å²) < 4.78 is 0. The molecule has 0 heterocycles. The molecule has 0 fully saturated rings. The Labute approximate surface area is 72.4 Å². The fourth-order valence-electron chi connectivity index (χ4n) is 1.76. The first-order valence-electron chi connectivity index (χ1n) is 4.24. The first-order valence-corrected chi connectivity index (χ1v) is 4.24. The van der Waals surface area contributed by atoms with E-state index >= 15 is 0 Å². The van der Waals surface area contributed by atoms with E-state index in [1.165, 1.54) is 22.3 Å². The van der Waals surface area contributed by atoms with Crippen molar-refractivity contribution >= 4 is 5.78 Å². The van der Waals surface area contributed by atoms with E-state index in [0.29, 0.717) is 12.2 Å². The van der Waals surface area contributed by atoms with E-state index in [1.54, 1.807) is 0 Å². The minimum atomic E-state index is 0.302. The van der Waals surface area contributed by atoms with Gasteiger partial charge in [0.05, 0.1) is 0 Å². The van der Waals surface area contributed by atoms with E-state index in [9.17, 15) is 4.79 Å². The van der Waals surface area contributed by atoms with Crippen molar-refractivity contribution < 1.29 is 4.79 Å². The zero-order chi connectivity index (χ0) is 8.88. The van der Waals surface area contributed by atoms with Crippen molar-refractivity contribution in [3.05, 3.63) is 33.9 Å². The summed E-state index contributed by atoms with van der Waals surface area (Å²) >= 11 is 0. The van der Waals surface area contributed by atoms with Gasteiger partial charge in [-0.3, -0.25) is 4.79 Å². The predicted octanol–water partition coefficient (Wildman–Crippen LogP) is 2.35. The van der Waals surface area contributed by atoms with Crippen LogP contribution in [0.3, 0.4) is 0 Å². The van der Waals surface area contributed by atoms with E-state index < -0.39 is 0 Å². The Hall–Kier alpha value is -1.11. The molecule has 12 heavy (non-hydrogen) atoms. The number of hydrogen-bond acceptors (Lipinski definition) is 1. The summed E-state index contributed by atoms with van der Waals surface area (Å²) in [7, 11) is 0. The number of rotatable bonds is 0. The molecular weight excluding hydrogens is 148 g/mol. The second-order valence-corrected chi connectivity index (χ2v) is 3.57. The molecule has 0 saturated heterocycles. The largest absolute Gasteiger partial charge is 0.294 e. The Bertz CT molecular complexity index is 375. The van der Waals surface area contributed by atoms with Gasteiger partial charge in [0.2, 0.25) is 0 Å². The molecule has 1 aliphatic rings. The van der Waals surface area contributed by atoms with Gasteiger partial charge in [-0.05, 0) is 49.1 Å². The van der Waals surface area contributed by atoms with Gasteiger partial charge in [-0.2, -0.15) is 0 Å². The lowest BCUT2D eigenvalue weighted by atomic mass is 9.80. The van der Waals surface area contributed by atoms with Crippen molar-refractivity contribution in [1.82, 2.24) is 0 Å². The zero-order valence-corrected chi connectivity index (χ0v) is 7.69. The number of fused-ring (bicyclic) bond motifs is 1. The molecule has 0 aliphatic heterocycles. The topological polar surface area (TPSA) is 17.1 Å². The molecule has 0 unspecified atom stereocenters. The van der Waals surface area contributed by atoms with Gasteiger partial charge >= 0.3 is 0 Å². The van der Waals surface area contributed by atoms with Gasteiger partial charge in [0.25, 0.3) is 0 Å². The van der Waals surface area contributed by atoms with Crippen molar-refractivity contribution in [2.75, 3.05) is 0 Å². The maximum atomic E-state index is 11.1. The smallest absolute Gasteiger partial charge is 0.167 e. The van der Waals surface area contributed by atoms with Crippen LogP contribution in [0.2, 0.25) is 0 Å². The average molecular weight is 160 g/mol. The van der Waals surface area contributed by atoms with Crippen molar-refractivity contribution in [2.24, 2.45) is 0 Å². The van der Waals surface area contributed by atoms with Gasteiger partial charge in [0.15, 0.2) is 5.78 Å². The number of benzene rings is 1. The molecule has 0 amide bonds. The Morgan fingerprint density at radius 1 is 1.17 bits per heavy atom. The third kappa shape index (κ3) is 0.765. The quantitative estimate of drug-likeness (QED) is 0.569. The maximum absolute atomic E-state index is 11.1. The van der Waals surface area contributed by atoms with E-state index in [2.05, 4.69) is 20.8 Å². The normalized spacial score (nSPS) is 14.1. The minimum absolute atomic E-state index is 0.302. The van der Waals surface area contributed by atoms with Gasteiger partial charge in [-0.15, -0.1) is 0 Å². The summed E-state index contributed by atoms with van der Waals surface area (Å²) in [6.45, 7) is 6.29. The monoisotopic (exact) mass is 160 g/mol. The summed E-state index contributed by atoms with van der Waals surface area (Å²) in [5, 5.41) is 0.